The van der Waals surface area contributed by atoms with Gasteiger partial charge in [0.25, 0.3) is 0 Å². The summed E-state index contributed by atoms with van der Waals surface area (Å²) in [5.74, 6) is -2.45. The maximum Gasteiger partial charge on any atom is 0.574 e. The van der Waals surface area contributed by atoms with Crippen LogP contribution in [0.4, 0.5) is 13.2 Å². The van der Waals surface area contributed by atoms with Gasteiger partial charge in [-0.05, 0) is 6.92 Å². The molecular formula is C10H9BrF3NO4. The van der Waals surface area contributed by atoms with Crippen LogP contribution in [0.1, 0.15) is 22.8 Å². The highest BCUT2D eigenvalue weighted by Crippen LogP contribution is 2.32. The van der Waals surface area contributed by atoms with Gasteiger partial charge in [-0.25, -0.2) is 9.78 Å². The van der Waals surface area contributed by atoms with E-state index in [2.05, 4.69) is 30.4 Å². The van der Waals surface area contributed by atoms with E-state index in [0.29, 0.717) is 0 Å². The van der Waals surface area contributed by atoms with Crippen molar-refractivity contribution in [1.29, 1.82) is 0 Å². The van der Waals surface area contributed by atoms with Crippen molar-refractivity contribution in [1.82, 2.24) is 4.98 Å². The molecule has 0 bridgehead atoms. The fourth-order valence-electron chi connectivity index (χ4n) is 1.26. The minimum absolute atomic E-state index is 0.0400. The fourth-order valence-corrected chi connectivity index (χ4v) is 1.82. The van der Waals surface area contributed by atoms with Crippen LogP contribution in [-0.4, -0.2) is 29.0 Å². The monoisotopic (exact) mass is 343 g/mol. The molecule has 19 heavy (non-hydrogen) atoms. The molecule has 0 aromatic carbocycles. The number of hydrogen-bond acceptors (Lipinski definition) is 5. The highest BCUT2D eigenvalue weighted by Gasteiger charge is 2.35. The van der Waals surface area contributed by atoms with Gasteiger partial charge in [-0.2, -0.15) is 0 Å². The van der Waals surface area contributed by atoms with E-state index in [0.717, 1.165) is 6.20 Å². The third kappa shape index (κ3) is 3.98. The molecule has 0 amide bonds. The number of rotatable bonds is 4. The first kappa shape index (κ1) is 15.5. The van der Waals surface area contributed by atoms with Gasteiger partial charge in [0.2, 0.25) is 5.88 Å². The Bertz CT molecular complexity index is 479. The van der Waals surface area contributed by atoms with E-state index in [1.165, 1.54) is 6.92 Å². The number of carbonyl (C=O) groups is 1. The SMILES string of the molecule is CCOC(=O)c1c(OC(F)(F)F)ncc(O)c1CBr. The van der Waals surface area contributed by atoms with Gasteiger partial charge in [-0.3, -0.25) is 0 Å². The number of halogens is 4. The van der Waals surface area contributed by atoms with Crippen molar-refractivity contribution >= 4 is 21.9 Å². The van der Waals surface area contributed by atoms with E-state index >= 15 is 0 Å². The second-order valence-electron chi connectivity index (χ2n) is 3.20. The molecule has 0 aliphatic rings. The molecule has 0 unspecified atom stereocenters. The molecule has 0 radical (unpaired) electrons. The molecule has 0 saturated heterocycles. The van der Waals surface area contributed by atoms with Crippen LogP contribution >= 0.6 is 15.9 Å². The summed E-state index contributed by atoms with van der Waals surface area (Å²) in [5.41, 5.74) is -0.649. The summed E-state index contributed by atoms with van der Waals surface area (Å²) in [5, 5.41) is 9.43. The first-order chi connectivity index (χ1) is 8.80. The summed E-state index contributed by atoms with van der Waals surface area (Å²) < 4.78 is 44.9. The maximum absolute atomic E-state index is 12.2. The number of nitrogens with zero attached hydrogens (tertiary/aromatic N) is 1. The average Bonchev–Trinajstić information content (AvgIpc) is 2.29. The van der Waals surface area contributed by atoms with E-state index < -0.39 is 29.5 Å². The van der Waals surface area contributed by atoms with Crippen LogP contribution in [0.3, 0.4) is 0 Å². The molecule has 1 heterocycles. The molecule has 1 aromatic heterocycles. The molecule has 9 heteroatoms. The predicted octanol–water partition coefficient (Wildman–Crippen LogP) is 2.76. The number of aromatic nitrogens is 1. The number of pyridine rings is 1. The molecule has 1 rings (SSSR count). The second kappa shape index (κ2) is 6.09. The molecule has 0 aliphatic carbocycles. The molecule has 0 saturated carbocycles. The van der Waals surface area contributed by atoms with E-state index in [-0.39, 0.29) is 17.5 Å². The van der Waals surface area contributed by atoms with Crippen LogP contribution < -0.4 is 4.74 Å². The Kier molecular flexibility index (Phi) is 4.98. The van der Waals surface area contributed by atoms with Gasteiger partial charge in [0, 0.05) is 10.9 Å². The highest BCUT2D eigenvalue weighted by molar-refractivity contribution is 9.08. The molecule has 1 aromatic rings. The van der Waals surface area contributed by atoms with Crippen LogP contribution in [0.15, 0.2) is 6.20 Å². The predicted molar refractivity (Wildman–Crippen MR) is 61.2 cm³/mol. The highest BCUT2D eigenvalue weighted by atomic mass is 79.9. The van der Waals surface area contributed by atoms with Gasteiger partial charge in [0.15, 0.2) is 0 Å². The summed E-state index contributed by atoms with van der Waals surface area (Å²) in [6.07, 6.45) is -4.24. The molecule has 0 atom stereocenters. The molecule has 1 N–H and O–H groups in total. The van der Waals surface area contributed by atoms with Crippen molar-refractivity contribution in [2.45, 2.75) is 18.6 Å². The van der Waals surface area contributed by atoms with Crippen molar-refractivity contribution in [3.63, 3.8) is 0 Å². The van der Waals surface area contributed by atoms with Crippen molar-refractivity contribution < 1.29 is 32.5 Å². The molecule has 0 spiro atoms. The van der Waals surface area contributed by atoms with Gasteiger partial charge < -0.3 is 14.6 Å². The topological polar surface area (TPSA) is 68.7 Å². The van der Waals surface area contributed by atoms with Crippen LogP contribution in [0.25, 0.3) is 0 Å². The van der Waals surface area contributed by atoms with Gasteiger partial charge in [-0.1, -0.05) is 15.9 Å². The summed E-state index contributed by atoms with van der Waals surface area (Å²) in [7, 11) is 0. The number of hydrogen-bond donors (Lipinski definition) is 1. The standard InChI is InChI=1S/C10H9BrF3NO4/c1-2-18-9(17)7-5(3-11)6(16)4-15-8(7)19-10(12,13)14/h4,16H,2-3H2,1H3. The molecule has 106 valence electrons. The smallest absolute Gasteiger partial charge is 0.506 e. The lowest BCUT2D eigenvalue weighted by molar-refractivity contribution is -0.276. The fraction of sp³-hybridized carbons (Fsp3) is 0.400. The normalized spacial score (nSPS) is 11.2. The third-order valence-electron chi connectivity index (χ3n) is 1.95. The lowest BCUT2D eigenvalue weighted by atomic mass is 10.1. The van der Waals surface area contributed by atoms with E-state index in [4.69, 9.17) is 0 Å². The summed E-state index contributed by atoms with van der Waals surface area (Å²) in [4.78, 5) is 14.9. The zero-order valence-electron chi connectivity index (χ0n) is 9.62. The van der Waals surface area contributed by atoms with Crippen molar-refractivity contribution in [2.24, 2.45) is 0 Å². The Morgan fingerprint density at radius 3 is 2.63 bits per heavy atom. The van der Waals surface area contributed by atoms with Crippen molar-refractivity contribution in [3.8, 4) is 11.6 Å². The van der Waals surface area contributed by atoms with E-state index in [1.54, 1.807) is 0 Å². The number of esters is 1. The van der Waals surface area contributed by atoms with Gasteiger partial charge in [0.1, 0.15) is 11.3 Å². The first-order valence-electron chi connectivity index (χ1n) is 4.99. The Morgan fingerprint density at radius 2 is 2.16 bits per heavy atom. The lowest BCUT2D eigenvalue weighted by Gasteiger charge is -2.14. The lowest BCUT2D eigenvalue weighted by Crippen LogP contribution is -2.21. The van der Waals surface area contributed by atoms with E-state index in [9.17, 15) is 23.1 Å². The minimum atomic E-state index is -5.01. The number of carbonyl (C=O) groups excluding carboxylic acids is 1. The molecule has 5 nitrogen and oxygen atoms in total. The number of ether oxygens (including phenoxy) is 2. The Hall–Kier alpha value is -1.51. The van der Waals surface area contributed by atoms with Gasteiger partial charge in [0.05, 0.1) is 12.8 Å². The quantitative estimate of drug-likeness (QED) is 0.672. The van der Waals surface area contributed by atoms with Crippen LogP contribution in [-0.2, 0) is 10.1 Å². The summed E-state index contributed by atoms with van der Waals surface area (Å²) in [6.45, 7) is 1.45. The van der Waals surface area contributed by atoms with Gasteiger partial charge in [-0.15, -0.1) is 13.2 Å². The van der Waals surface area contributed by atoms with Crippen LogP contribution in [0, 0.1) is 0 Å². The molecule has 0 aliphatic heterocycles. The molecule has 0 fully saturated rings. The zero-order valence-corrected chi connectivity index (χ0v) is 11.2. The van der Waals surface area contributed by atoms with E-state index in [1.807, 2.05) is 0 Å². The van der Waals surface area contributed by atoms with Crippen LogP contribution in [0.5, 0.6) is 11.6 Å². The number of aromatic hydroxyl groups is 1. The molecular weight excluding hydrogens is 335 g/mol. The average molecular weight is 344 g/mol. The Labute approximate surface area is 114 Å². The largest absolute Gasteiger partial charge is 0.574 e. The van der Waals surface area contributed by atoms with Crippen molar-refractivity contribution in [3.05, 3.63) is 17.3 Å². The maximum atomic E-state index is 12.2. The third-order valence-corrected chi connectivity index (χ3v) is 2.52. The summed E-state index contributed by atoms with van der Waals surface area (Å²) in [6, 6.07) is 0. The van der Waals surface area contributed by atoms with Crippen molar-refractivity contribution in [2.75, 3.05) is 6.61 Å². The Balaban J connectivity index is 3.34. The zero-order chi connectivity index (χ0) is 14.6. The first-order valence-corrected chi connectivity index (χ1v) is 6.12. The minimum Gasteiger partial charge on any atom is -0.506 e. The van der Waals surface area contributed by atoms with Crippen LogP contribution in [0.2, 0.25) is 0 Å². The second-order valence-corrected chi connectivity index (χ2v) is 3.76. The van der Waals surface area contributed by atoms with Gasteiger partial charge >= 0.3 is 12.3 Å². The number of alkyl halides is 4. The summed E-state index contributed by atoms with van der Waals surface area (Å²) >= 11 is 2.96. The Morgan fingerprint density at radius 1 is 1.53 bits per heavy atom.